The molecule has 0 saturated carbocycles. The lowest BCUT2D eigenvalue weighted by Crippen LogP contribution is -2.06. The third kappa shape index (κ3) is 2.77. The molecular formula is C17H12O3S. The number of fused-ring (bicyclic) bond motifs is 2. The highest BCUT2D eigenvalue weighted by atomic mass is 32.2. The van der Waals surface area contributed by atoms with Gasteiger partial charge in [-0.15, -0.1) is 0 Å². The van der Waals surface area contributed by atoms with Gasteiger partial charge in [0, 0.05) is 16.2 Å². The van der Waals surface area contributed by atoms with Crippen LogP contribution in [0.4, 0.5) is 0 Å². The summed E-state index contributed by atoms with van der Waals surface area (Å²) in [4.78, 5) is 24.0. The molecule has 2 aromatic rings. The number of rotatable bonds is 3. The average Bonchev–Trinajstić information content (AvgIpc) is 2.50. The molecule has 1 aliphatic rings. The van der Waals surface area contributed by atoms with Crippen LogP contribution < -0.4 is 0 Å². The van der Waals surface area contributed by atoms with Gasteiger partial charge in [0.1, 0.15) is 11.5 Å². The van der Waals surface area contributed by atoms with Crippen molar-refractivity contribution in [2.75, 3.05) is 0 Å². The lowest BCUT2D eigenvalue weighted by atomic mass is 9.99. The van der Waals surface area contributed by atoms with Crippen molar-refractivity contribution in [2.24, 2.45) is 0 Å². The SMILES string of the molecule is O=C=C(Cc1ccc2c(c1)Cc1ccccc1S2)C(=O)O. The number of benzene rings is 2. The van der Waals surface area contributed by atoms with Gasteiger partial charge in [-0.3, -0.25) is 0 Å². The van der Waals surface area contributed by atoms with Gasteiger partial charge < -0.3 is 5.11 Å². The number of carbonyl (C=O) groups is 1. The third-order valence-corrected chi connectivity index (χ3v) is 4.70. The van der Waals surface area contributed by atoms with Crippen LogP contribution >= 0.6 is 11.8 Å². The van der Waals surface area contributed by atoms with Gasteiger partial charge in [-0.25, -0.2) is 9.59 Å². The standard InChI is InChI=1S/C17H12O3S/c18-10-14(17(19)20)8-11-5-6-16-13(7-11)9-12-3-1-2-4-15(12)21-16/h1-7H,8-9H2,(H,19,20). The molecule has 0 atom stereocenters. The van der Waals surface area contributed by atoms with Crippen LogP contribution in [0.1, 0.15) is 16.7 Å². The zero-order chi connectivity index (χ0) is 14.8. The van der Waals surface area contributed by atoms with Crippen LogP contribution in [0.5, 0.6) is 0 Å². The Labute approximate surface area is 126 Å². The molecular weight excluding hydrogens is 284 g/mol. The number of hydrogen-bond acceptors (Lipinski definition) is 3. The second-order valence-corrected chi connectivity index (χ2v) is 5.97. The van der Waals surface area contributed by atoms with Crippen LogP contribution in [0.3, 0.4) is 0 Å². The summed E-state index contributed by atoms with van der Waals surface area (Å²) >= 11 is 1.72. The van der Waals surface area contributed by atoms with Crippen LogP contribution in [-0.2, 0) is 22.4 Å². The van der Waals surface area contributed by atoms with E-state index in [4.69, 9.17) is 5.11 Å². The van der Waals surface area contributed by atoms with Crippen LogP contribution in [0.25, 0.3) is 0 Å². The number of aliphatic carboxylic acids is 1. The first-order chi connectivity index (χ1) is 10.2. The minimum atomic E-state index is -1.21. The molecule has 0 unspecified atom stereocenters. The Morgan fingerprint density at radius 1 is 1.14 bits per heavy atom. The first-order valence-electron chi connectivity index (χ1n) is 6.52. The zero-order valence-electron chi connectivity index (χ0n) is 11.1. The summed E-state index contributed by atoms with van der Waals surface area (Å²) < 4.78 is 0. The van der Waals surface area contributed by atoms with Crippen molar-refractivity contribution in [1.29, 1.82) is 0 Å². The van der Waals surface area contributed by atoms with Crippen molar-refractivity contribution in [2.45, 2.75) is 22.6 Å². The molecule has 0 spiro atoms. The van der Waals surface area contributed by atoms with Crippen LogP contribution in [0.15, 0.2) is 57.8 Å². The second kappa shape index (κ2) is 5.60. The van der Waals surface area contributed by atoms with E-state index >= 15 is 0 Å². The molecule has 4 heteroatoms. The molecule has 1 aliphatic heterocycles. The van der Waals surface area contributed by atoms with Crippen LogP contribution in [0, 0.1) is 0 Å². The number of carboxylic acids is 1. The Morgan fingerprint density at radius 2 is 1.90 bits per heavy atom. The van der Waals surface area contributed by atoms with E-state index in [0.717, 1.165) is 12.0 Å². The normalized spacial score (nSPS) is 12.0. The van der Waals surface area contributed by atoms with E-state index in [-0.39, 0.29) is 12.0 Å². The molecule has 0 aliphatic carbocycles. The van der Waals surface area contributed by atoms with Crippen molar-refractivity contribution in [3.05, 3.63) is 64.7 Å². The number of carbonyl (C=O) groups excluding carboxylic acids is 1. The molecule has 0 fully saturated rings. The lowest BCUT2D eigenvalue weighted by Gasteiger charge is -2.19. The number of hydrogen-bond donors (Lipinski definition) is 1. The van der Waals surface area contributed by atoms with Gasteiger partial charge in [-0.2, -0.15) is 0 Å². The van der Waals surface area contributed by atoms with Crippen molar-refractivity contribution < 1.29 is 14.7 Å². The molecule has 0 aromatic heterocycles. The Kier molecular flexibility index (Phi) is 3.65. The van der Waals surface area contributed by atoms with Gasteiger partial charge >= 0.3 is 5.97 Å². The maximum atomic E-state index is 10.9. The Morgan fingerprint density at radius 3 is 2.67 bits per heavy atom. The summed E-state index contributed by atoms with van der Waals surface area (Å²) in [6.07, 6.45) is 0.942. The molecule has 0 saturated heterocycles. The molecule has 0 bridgehead atoms. The predicted octanol–water partition coefficient (Wildman–Crippen LogP) is 3.13. The second-order valence-electron chi connectivity index (χ2n) is 4.89. The van der Waals surface area contributed by atoms with E-state index in [1.165, 1.54) is 26.9 Å². The Hall–Kier alpha value is -2.29. The van der Waals surface area contributed by atoms with E-state index in [2.05, 4.69) is 12.1 Å². The molecule has 104 valence electrons. The fourth-order valence-electron chi connectivity index (χ4n) is 2.41. The molecule has 0 amide bonds. The quantitative estimate of drug-likeness (QED) is 0.596. The summed E-state index contributed by atoms with van der Waals surface area (Å²) in [5.74, 6) is 0.302. The highest BCUT2D eigenvalue weighted by molar-refractivity contribution is 7.99. The van der Waals surface area contributed by atoms with Gasteiger partial charge in [0.2, 0.25) is 0 Å². The van der Waals surface area contributed by atoms with Crippen molar-refractivity contribution in [3.63, 3.8) is 0 Å². The Bertz CT molecular complexity index is 773. The molecule has 0 radical (unpaired) electrons. The fraction of sp³-hybridized carbons (Fsp3) is 0.118. The summed E-state index contributed by atoms with van der Waals surface area (Å²) in [5.41, 5.74) is 3.04. The maximum absolute atomic E-state index is 10.9. The van der Waals surface area contributed by atoms with Gasteiger partial charge in [0.05, 0.1) is 0 Å². The molecule has 3 rings (SSSR count). The maximum Gasteiger partial charge on any atom is 0.343 e. The third-order valence-electron chi connectivity index (χ3n) is 3.46. The summed E-state index contributed by atoms with van der Waals surface area (Å²) in [6.45, 7) is 0. The van der Waals surface area contributed by atoms with E-state index in [1.807, 2.05) is 30.3 Å². The smallest absolute Gasteiger partial charge is 0.343 e. The van der Waals surface area contributed by atoms with Crippen LogP contribution in [0.2, 0.25) is 0 Å². The molecule has 1 heterocycles. The van der Waals surface area contributed by atoms with Crippen molar-refractivity contribution in [1.82, 2.24) is 0 Å². The van der Waals surface area contributed by atoms with Gasteiger partial charge in [0.25, 0.3) is 0 Å². The van der Waals surface area contributed by atoms with Crippen molar-refractivity contribution in [3.8, 4) is 0 Å². The van der Waals surface area contributed by atoms with Gasteiger partial charge in [-0.05, 0) is 35.2 Å². The molecule has 3 nitrogen and oxygen atoms in total. The molecule has 21 heavy (non-hydrogen) atoms. The Balaban J connectivity index is 1.90. The first kappa shape index (κ1) is 13.7. The van der Waals surface area contributed by atoms with Gasteiger partial charge in [0.15, 0.2) is 0 Å². The first-order valence-corrected chi connectivity index (χ1v) is 7.34. The van der Waals surface area contributed by atoms with E-state index in [9.17, 15) is 9.59 Å². The van der Waals surface area contributed by atoms with Crippen LogP contribution in [-0.4, -0.2) is 17.0 Å². The minimum Gasteiger partial charge on any atom is -0.477 e. The highest BCUT2D eigenvalue weighted by Crippen LogP contribution is 2.39. The van der Waals surface area contributed by atoms with E-state index < -0.39 is 5.97 Å². The largest absolute Gasteiger partial charge is 0.477 e. The van der Waals surface area contributed by atoms with Crippen molar-refractivity contribution >= 4 is 23.7 Å². The fourth-order valence-corrected chi connectivity index (χ4v) is 3.47. The molecule has 2 aromatic carbocycles. The highest BCUT2D eigenvalue weighted by Gasteiger charge is 2.17. The predicted molar refractivity (Wildman–Crippen MR) is 80.4 cm³/mol. The molecule has 1 N–H and O–H groups in total. The summed E-state index contributed by atoms with van der Waals surface area (Å²) in [7, 11) is 0. The zero-order valence-corrected chi connectivity index (χ0v) is 11.9. The lowest BCUT2D eigenvalue weighted by molar-refractivity contribution is -0.132. The van der Waals surface area contributed by atoms with E-state index in [0.29, 0.717) is 0 Å². The monoisotopic (exact) mass is 296 g/mol. The average molecular weight is 296 g/mol. The van der Waals surface area contributed by atoms with Gasteiger partial charge in [-0.1, -0.05) is 42.1 Å². The summed E-state index contributed by atoms with van der Waals surface area (Å²) in [5, 5.41) is 8.90. The summed E-state index contributed by atoms with van der Waals surface area (Å²) in [6, 6.07) is 14.1. The topological polar surface area (TPSA) is 54.4 Å². The minimum absolute atomic E-state index is 0.110. The van der Waals surface area contributed by atoms with E-state index in [1.54, 1.807) is 11.8 Å². The number of carboxylic acid groups (broad SMARTS) is 1.